The van der Waals surface area contributed by atoms with Crippen LogP contribution in [0.25, 0.3) is 0 Å². The lowest BCUT2D eigenvalue weighted by Crippen LogP contribution is -2.31. The van der Waals surface area contributed by atoms with Gasteiger partial charge >= 0.3 is 0 Å². The van der Waals surface area contributed by atoms with Crippen molar-refractivity contribution in [1.82, 2.24) is 5.32 Å². The fourth-order valence-electron chi connectivity index (χ4n) is 0.664. The molecule has 2 atom stereocenters. The molecule has 0 aliphatic heterocycles. The van der Waals surface area contributed by atoms with Crippen LogP contribution in [-0.2, 0) is 10.8 Å². The molecule has 0 aliphatic rings. The average molecular weight is 195 g/mol. The molecule has 74 valence electrons. The minimum absolute atomic E-state index is 0.232. The number of nitrogens with one attached hydrogen (secondary N) is 1. The fraction of sp³-hybridized carbons (Fsp3) is 1.00. The van der Waals surface area contributed by atoms with Gasteiger partial charge in [-0.2, -0.15) is 0 Å². The van der Waals surface area contributed by atoms with Gasteiger partial charge in [-0.1, -0.05) is 6.92 Å². The molecule has 0 fully saturated rings. The van der Waals surface area contributed by atoms with Crippen LogP contribution in [0, 0.1) is 0 Å². The van der Waals surface area contributed by atoms with Crippen LogP contribution in [0.5, 0.6) is 0 Å². The molecular weight excluding hydrogens is 178 g/mol. The Balaban J connectivity index is 3.15. The van der Waals surface area contributed by atoms with Crippen molar-refractivity contribution in [3.05, 3.63) is 0 Å². The van der Waals surface area contributed by atoms with Crippen LogP contribution >= 0.6 is 0 Å². The summed E-state index contributed by atoms with van der Waals surface area (Å²) >= 11 is 0. The van der Waals surface area contributed by atoms with Gasteiger partial charge < -0.3 is 15.5 Å². The highest BCUT2D eigenvalue weighted by Crippen LogP contribution is 1.80. The van der Waals surface area contributed by atoms with Gasteiger partial charge in [0.15, 0.2) is 0 Å². The first-order valence-electron chi connectivity index (χ1n) is 4.05. The minimum Gasteiger partial charge on any atom is -0.394 e. The summed E-state index contributed by atoms with van der Waals surface area (Å²) in [5.74, 6) is 1.28. The van der Waals surface area contributed by atoms with E-state index in [2.05, 4.69) is 5.32 Å². The summed E-state index contributed by atoms with van der Waals surface area (Å²) in [6.45, 7) is 2.62. The Hall–Kier alpha value is 0.0300. The van der Waals surface area contributed by atoms with Gasteiger partial charge in [-0.3, -0.25) is 4.21 Å². The lowest BCUT2D eigenvalue weighted by molar-refractivity contribution is 0.0950. The molecule has 0 aromatic heterocycles. The van der Waals surface area contributed by atoms with Gasteiger partial charge in [0.1, 0.15) is 0 Å². The molecule has 0 bridgehead atoms. The van der Waals surface area contributed by atoms with Crippen molar-refractivity contribution in [3.8, 4) is 0 Å². The minimum atomic E-state index is -0.750. The van der Waals surface area contributed by atoms with Crippen LogP contribution in [0.3, 0.4) is 0 Å². The van der Waals surface area contributed by atoms with E-state index in [1.807, 2.05) is 6.92 Å². The quantitative estimate of drug-likeness (QED) is 0.442. The predicted molar refractivity (Wildman–Crippen MR) is 49.5 cm³/mol. The van der Waals surface area contributed by atoms with Gasteiger partial charge in [0.25, 0.3) is 0 Å². The van der Waals surface area contributed by atoms with Gasteiger partial charge in [0, 0.05) is 35.4 Å². The van der Waals surface area contributed by atoms with E-state index < -0.39 is 16.9 Å². The van der Waals surface area contributed by atoms with Gasteiger partial charge in [-0.05, 0) is 0 Å². The van der Waals surface area contributed by atoms with Crippen molar-refractivity contribution in [3.63, 3.8) is 0 Å². The molecule has 0 amide bonds. The number of aliphatic hydroxyl groups excluding tert-OH is 2. The number of aliphatic hydroxyl groups is 2. The van der Waals surface area contributed by atoms with Gasteiger partial charge in [0.05, 0.1) is 12.7 Å². The zero-order valence-electron chi connectivity index (χ0n) is 7.32. The monoisotopic (exact) mass is 195 g/mol. The predicted octanol–water partition coefficient (Wildman–Crippen LogP) is -1.30. The Labute approximate surface area is 75.4 Å². The van der Waals surface area contributed by atoms with Crippen molar-refractivity contribution < 1.29 is 14.4 Å². The van der Waals surface area contributed by atoms with Crippen LogP contribution in [0.15, 0.2) is 0 Å². The Morgan fingerprint density at radius 2 is 2.25 bits per heavy atom. The molecule has 0 radical (unpaired) electrons. The van der Waals surface area contributed by atoms with Crippen molar-refractivity contribution in [1.29, 1.82) is 0 Å². The van der Waals surface area contributed by atoms with E-state index in [0.717, 1.165) is 0 Å². The smallest absolute Gasteiger partial charge is 0.0894 e. The molecule has 0 aromatic carbocycles. The molecule has 3 N–H and O–H groups in total. The van der Waals surface area contributed by atoms with E-state index in [1.54, 1.807) is 0 Å². The van der Waals surface area contributed by atoms with E-state index in [9.17, 15) is 4.21 Å². The molecular formula is C7H17NO3S. The van der Waals surface area contributed by atoms with E-state index in [-0.39, 0.29) is 6.61 Å². The summed E-state index contributed by atoms with van der Waals surface area (Å²) in [6, 6.07) is 0. The molecule has 0 saturated heterocycles. The topological polar surface area (TPSA) is 69.6 Å². The standard InChI is InChI=1S/C7H17NO3S/c1-2-12(11)4-3-8-5-7(10)6-9/h7-10H,2-6H2,1H3. The van der Waals surface area contributed by atoms with Crippen molar-refractivity contribution >= 4 is 10.8 Å². The van der Waals surface area contributed by atoms with Crippen molar-refractivity contribution in [2.24, 2.45) is 0 Å². The fourth-order valence-corrected chi connectivity index (χ4v) is 1.32. The van der Waals surface area contributed by atoms with Crippen LogP contribution in [0.2, 0.25) is 0 Å². The largest absolute Gasteiger partial charge is 0.394 e. The van der Waals surface area contributed by atoms with Gasteiger partial charge in [0.2, 0.25) is 0 Å². The maximum absolute atomic E-state index is 10.9. The van der Waals surface area contributed by atoms with Crippen LogP contribution in [0.1, 0.15) is 6.92 Å². The second kappa shape index (κ2) is 7.67. The zero-order chi connectivity index (χ0) is 9.40. The first-order chi connectivity index (χ1) is 5.70. The Morgan fingerprint density at radius 3 is 2.75 bits per heavy atom. The Kier molecular flexibility index (Phi) is 7.69. The summed E-state index contributed by atoms with van der Waals surface area (Å²) < 4.78 is 10.9. The second-order valence-corrected chi connectivity index (χ2v) is 4.34. The van der Waals surface area contributed by atoms with E-state index >= 15 is 0 Å². The van der Waals surface area contributed by atoms with E-state index in [1.165, 1.54) is 0 Å². The molecule has 0 rings (SSSR count). The number of hydrogen-bond donors (Lipinski definition) is 3. The third kappa shape index (κ3) is 6.72. The highest BCUT2D eigenvalue weighted by Gasteiger charge is 2.00. The number of hydrogen-bond acceptors (Lipinski definition) is 4. The third-order valence-corrected chi connectivity index (χ3v) is 2.72. The average Bonchev–Trinajstić information content (AvgIpc) is 2.11. The SMILES string of the molecule is CCS(=O)CCNCC(O)CO. The van der Waals surface area contributed by atoms with E-state index in [0.29, 0.717) is 24.6 Å². The van der Waals surface area contributed by atoms with Gasteiger partial charge in [-0.25, -0.2) is 0 Å². The molecule has 12 heavy (non-hydrogen) atoms. The molecule has 0 spiro atoms. The van der Waals surface area contributed by atoms with Crippen molar-refractivity contribution in [2.75, 3.05) is 31.2 Å². The van der Waals surface area contributed by atoms with E-state index in [4.69, 9.17) is 10.2 Å². The third-order valence-electron chi connectivity index (χ3n) is 1.42. The summed E-state index contributed by atoms with van der Waals surface area (Å²) in [6.07, 6.45) is -0.708. The molecule has 0 saturated carbocycles. The van der Waals surface area contributed by atoms with Crippen LogP contribution in [0.4, 0.5) is 0 Å². The molecule has 4 nitrogen and oxygen atoms in total. The summed E-state index contributed by atoms with van der Waals surface area (Å²) in [5, 5.41) is 20.2. The number of rotatable bonds is 7. The maximum Gasteiger partial charge on any atom is 0.0894 e. The molecule has 0 aliphatic carbocycles. The first kappa shape index (κ1) is 12.0. The summed E-state index contributed by atoms with van der Waals surface area (Å²) in [7, 11) is -0.750. The van der Waals surface area contributed by atoms with Gasteiger partial charge in [-0.15, -0.1) is 0 Å². The van der Waals surface area contributed by atoms with Crippen LogP contribution < -0.4 is 5.32 Å². The lowest BCUT2D eigenvalue weighted by atomic mass is 10.4. The van der Waals surface area contributed by atoms with Crippen molar-refractivity contribution in [2.45, 2.75) is 13.0 Å². The first-order valence-corrected chi connectivity index (χ1v) is 5.54. The van der Waals surface area contributed by atoms with Crippen LogP contribution in [-0.4, -0.2) is 51.7 Å². The summed E-state index contributed by atoms with van der Waals surface area (Å²) in [4.78, 5) is 0. The Bertz CT molecular complexity index is 132. The Morgan fingerprint density at radius 1 is 1.58 bits per heavy atom. The summed E-state index contributed by atoms with van der Waals surface area (Å²) in [5.41, 5.74) is 0. The highest BCUT2D eigenvalue weighted by molar-refractivity contribution is 7.84. The maximum atomic E-state index is 10.9. The molecule has 0 aromatic rings. The normalized spacial score (nSPS) is 15.9. The molecule has 0 heterocycles. The lowest BCUT2D eigenvalue weighted by Gasteiger charge is -2.07. The zero-order valence-corrected chi connectivity index (χ0v) is 8.14. The highest BCUT2D eigenvalue weighted by atomic mass is 32.2. The molecule has 5 heteroatoms. The molecule has 2 unspecified atom stereocenters. The second-order valence-electron chi connectivity index (χ2n) is 2.47.